The van der Waals surface area contributed by atoms with Gasteiger partial charge in [-0.15, -0.1) is 0 Å². The first-order valence-corrected chi connectivity index (χ1v) is 7.75. The predicted molar refractivity (Wildman–Crippen MR) is 70.2 cm³/mol. The molecule has 7 heteroatoms. The lowest BCUT2D eigenvalue weighted by Crippen LogP contribution is -2.40. The van der Waals surface area contributed by atoms with Gasteiger partial charge in [-0.25, -0.2) is 12.8 Å². The van der Waals surface area contributed by atoms with E-state index in [0.29, 0.717) is 25.9 Å². The molecule has 0 aliphatic carbocycles. The third-order valence-corrected chi connectivity index (χ3v) is 5.41. The average molecular weight is 308 g/mol. The van der Waals surface area contributed by atoms with Gasteiger partial charge in [0, 0.05) is 25.2 Å². The molecule has 106 valence electrons. The zero-order valence-electron chi connectivity index (χ0n) is 10.5. The minimum atomic E-state index is -3.80. The zero-order valence-corrected chi connectivity index (χ0v) is 12.0. The highest BCUT2D eigenvalue weighted by Gasteiger charge is 2.31. The Morgan fingerprint density at radius 2 is 2.00 bits per heavy atom. The van der Waals surface area contributed by atoms with E-state index < -0.39 is 15.8 Å². The quantitative estimate of drug-likeness (QED) is 0.860. The summed E-state index contributed by atoms with van der Waals surface area (Å²) in [5.74, 6) is -0.818. The molecule has 0 atom stereocenters. The summed E-state index contributed by atoms with van der Waals surface area (Å²) in [7, 11) is -2.19. The summed E-state index contributed by atoms with van der Waals surface area (Å²) in [4.78, 5) is -0.326. The topological polar surface area (TPSA) is 46.6 Å². The first-order chi connectivity index (χ1) is 8.95. The Hall–Kier alpha value is -0.690. The zero-order chi connectivity index (χ0) is 14.0. The number of ether oxygens (including phenoxy) is 1. The van der Waals surface area contributed by atoms with Crippen LogP contribution in [0.3, 0.4) is 0 Å². The van der Waals surface area contributed by atoms with E-state index in [1.54, 1.807) is 7.11 Å². The van der Waals surface area contributed by atoms with Crippen molar-refractivity contribution in [1.82, 2.24) is 4.31 Å². The van der Waals surface area contributed by atoms with Gasteiger partial charge in [-0.05, 0) is 31.0 Å². The molecule has 0 radical (unpaired) electrons. The Labute approximate surface area is 117 Å². The number of nitrogens with zero attached hydrogens (tertiary/aromatic N) is 1. The lowest BCUT2D eigenvalue weighted by molar-refractivity contribution is 0.0604. The van der Waals surface area contributed by atoms with E-state index in [1.165, 1.54) is 16.4 Å². The van der Waals surface area contributed by atoms with E-state index in [9.17, 15) is 12.8 Å². The maximum absolute atomic E-state index is 13.7. The fourth-order valence-corrected chi connectivity index (χ4v) is 3.81. The van der Waals surface area contributed by atoms with Gasteiger partial charge in [0.15, 0.2) is 0 Å². The van der Waals surface area contributed by atoms with Crippen LogP contribution in [0.5, 0.6) is 0 Å². The molecule has 19 heavy (non-hydrogen) atoms. The van der Waals surface area contributed by atoms with Crippen LogP contribution >= 0.6 is 11.6 Å². The number of sulfonamides is 1. The van der Waals surface area contributed by atoms with Gasteiger partial charge in [-0.2, -0.15) is 4.31 Å². The van der Waals surface area contributed by atoms with Gasteiger partial charge in [-0.3, -0.25) is 0 Å². The molecular weight excluding hydrogens is 293 g/mol. The molecule has 0 amide bonds. The molecule has 0 spiro atoms. The second kappa shape index (κ2) is 5.75. The van der Waals surface area contributed by atoms with Crippen LogP contribution in [-0.2, 0) is 14.8 Å². The Morgan fingerprint density at radius 1 is 1.37 bits per heavy atom. The largest absolute Gasteiger partial charge is 0.381 e. The van der Waals surface area contributed by atoms with Crippen molar-refractivity contribution in [3.8, 4) is 0 Å². The number of methoxy groups -OCH3 is 1. The maximum Gasteiger partial charge on any atom is 0.245 e. The van der Waals surface area contributed by atoms with Crippen LogP contribution in [0.2, 0.25) is 5.02 Å². The van der Waals surface area contributed by atoms with Crippen LogP contribution in [0.15, 0.2) is 23.1 Å². The second-order valence-electron chi connectivity index (χ2n) is 4.41. The van der Waals surface area contributed by atoms with Crippen molar-refractivity contribution in [1.29, 1.82) is 0 Å². The summed E-state index contributed by atoms with van der Waals surface area (Å²) < 4.78 is 44.8. The maximum atomic E-state index is 13.7. The van der Waals surface area contributed by atoms with Gasteiger partial charge >= 0.3 is 0 Å². The van der Waals surface area contributed by atoms with Crippen LogP contribution in [0.1, 0.15) is 12.8 Å². The summed E-state index contributed by atoms with van der Waals surface area (Å²) in [6.07, 6.45) is 1.30. The summed E-state index contributed by atoms with van der Waals surface area (Å²) >= 11 is 5.63. The first kappa shape index (κ1) is 14.7. The molecule has 0 N–H and O–H groups in total. The van der Waals surface area contributed by atoms with Crippen LogP contribution in [0.4, 0.5) is 4.39 Å². The van der Waals surface area contributed by atoms with Crippen LogP contribution in [0.25, 0.3) is 0 Å². The minimum absolute atomic E-state index is 0.0708. The molecule has 1 aromatic rings. The van der Waals surface area contributed by atoms with Gasteiger partial charge < -0.3 is 4.74 Å². The fraction of sp³-hybridized carbons (Fsp3) is 0.500. The van der Waals surface area contributed by atoms with E-state index in [4.69, 9.17) is 16.3 Å². The SMILES string of the molecule is COC1CCN(S(=O)(=O)c2ccc(Cl)cc2F)CC1. The van der Waals surface area contributed by atoms with Gasteiger partial charge in [0.2, 0.25) is 10.0 Å². The second-order valence-corrected chi connectivity index (χ2v) is 6.76. The average Bonchev–Trinajstić information content (AvgIpc) is 2.38. The highest BCUT2D eigenvalue weighted by molar-refractivity contribution is 7.89. The van der Waals surface area contributed by atoms with Crippen molar-refractivity contribution in [2.45, 2.75) is 23.8 Å². The molecule has 1 aromatic carbocycles. The van der Waals surface area contributed by atoms with E-state index in [0.717, 1.165) is 6.07 Å². The molecular formula is C12H15ClFNO3S. The molecule has 1 heterocycles. The van der Waals surface area contributed by atoms with Crippen molar-refractivity contribution < 1.29 is 17.5 Å². The number of halogens is 2. The van der Waals surface area contributed by atoms with Crippen LogP contribution in [-0.4, -0.2) is 39.0 Å². The first-order valence-electron chi connectivity index (χ1n) is 5.93. The molecule has 0 saturated carbocycles. The summed E-state index contributed by atoms with van der Waals surface area (Å²) in [6, 6.07) is 3.59. The monoisotopic (exact) mass is 307 g/mol. The Bertz CT molecular complexity index is 556. The lowest BCUT2D eigenvalue weighted by Gasteiger charge is -2.30. The van der Waals surface area contributed by atoms with Crippen molar-refractivity contribution in [3.05, 3.63) is 29.0 Å². The predicted octanol–water partition coefficient (Wildman–Crippen LogP) is 2.28. The Kier molecular flexibility index (Phi) is 4.45. The van der Waals surface area contributed by atoms with E-state index >= 15 is 0 Å². The fourth-order valence-electron chi connectivity index (χ4n) is 2.13. The van der Waals surface area contributed by atoms with Gasteiger partial charge in [0.05, 0.1) is 6.10 Å². The summed E-state index contributed by atoms with van der Waals surface area (Å²) in [5, 5.41) is 0.176. The molecule has 1 saturated heterocycles. The van der Waals surface area contributed by atoms with Crippen LogP contribution < -0.4 is 0 Å². The van der Waals surface area contributed by atoms with E-state index in [2.05, 4.69) is 0 Å². The third kappa shape index (κ3) is 3.08. The molecule has 1 fully saturated rings. The van der Waals surface area contributed by atoms with Gasteiger partial charge in [-0.1, -0.05) is 11.6 Å². The molecule has 0 unspecified atom stereocenters. The Balaban J connectivity index is 2.23. The molecule has 1 aliphatic rings. The van der Waals surface area contributed by atoms with Crippen molar-refractivity contribution in [2.75, 3.05) is 20.2 Å². The summed E-state index contributed by atoms with van der Waals surface area (Å²) in [6.45, 7) is 0.672. The van der Waals surface area contributed by atoms with Gasteiger partial charge in [0.1, 0.15) is 10.7 Å². The minimum Gasteiger partial charge on any atom is -0.381 e. The van der Waals surface area contributed by atoms with Crippen molar-refractivity contribution >= 4 is 21.6 Å². The molecule has 0 aromatic heterocycles. The number of hydrogen-bond acceptors (Lipinski definition) is 3. The molecule has 1 aliphatic heterocycles. The van der Waals surface area contributed by atoms with E-state index in [-0.39, 0.29) is 16.0 Å². The van der Waals surface area contributed by atoms with Gasteiger partial charge in [0.25, 0.3) is 0 Å². The number of rotatable bonds is 3. The van der Waals surface area contributed by atoms with Crippen LogP contribution in [0, 0.1) is 5.82 Å². The van der Waals surface area contributed by atoms with E-state index in [1.807, 2.05) is 0 Å². The highest BCUT2D eigenvalue weighted by Crippen LogP contribution is 2.25. The number of benzene rings is 1. The lowest BCUT2D eigenvalue weighted by atomic mass is 10.1. The Morgan fingerprint density at radius 3 is 2.53 bits per heavy atom. The summed E-state index contributed by atoms with van der Waals surface area (Å²) in [5.41, 5.74) is 0. The van der Waals surface area contributed by atoms with Crippen molar-refractivity contribution in [3.63, 3.8) is 0 Å². The smallest absolute Gasteiger partial charge is 0.245 e. The molecule has 4 nitrogen and oxygen atoms in total. The standard InChI is InChI=1S/C12H15ClFNO3S/c1-18-10-4-6-15(7-5-10)19(16,17)12-3-2-9(13)8-11(12)14/h2-3,8,10H,4-7H2,1H3. The molecule has 0 bridgehead atoms. The highest BCUT2D eigenvalue weighted by atomic mass is 35.5. The number of piperidine rings is 1. The normalized spacial score (nSPS) is 18.7. The van der Waals surface area contributed by atoms with Crippen molar-refractivity contribution in [2.24, 2.45) is 0 Å². The number of hydrogen-bond donors (Lipinski definition) is 0. The molecule has 2 rings (SSSR count). The third-order valence-electron chi connectivity index (χ3n) is 3.25.